The summed E-state index contributed by atoms with van der Waals surface area (Å²) in [6.07, 6.45) is 0.869. The molecule has 2 heterocycles. The number of aryl methyl sites for hydroxylation is 2. The van der Waals surface area contributed by atoms with Crippen LogP contribution in [0.3, 0.4) is 0 Å². The first-order valence-corrected chi connectivity index (χ1v) is 8.91. The van der Waals surface area contributed by atoms with Crippen molar-refractivity contribution in [3.05, 3.63) is 64.6 Å². The van der Waals surface area contributed by atoms with Gasteiger partial charge in [0.15, 0.2) is 0 Å². The summed E-state index contributed by atoms with van der Waals surface area (Å²) in [5.74, 6) is -0.487. The third-order valence-electron chi connectivity index (χ3n) is 4.74. The first-order valence-electron chi connectivity index (χ1n) is 8.91. The number of carbonyl (C=O) groups is 2. The van der Waals surface area contributed by atoms with Gasteiger partial charge in [0.25, 0.3) is 11.7 Å². The fourth-order valence-corrected chi connectivity index (χ4v) is 3.25. The maximum Gasteiger partial charge on any atom is 0.295 e. The van der Waals surface area contributed by atoms with Crippen molar-refractivity contribution in [2.75, 3.05) is 20.3 Å². The second-order valence-corrected chi connectivity index (χ2v) is 6.48. The van der Waals surface area contributed by atoms with Gasteiger partial charge in [-0.3, -0.25) is 9.59 Å². The predicted octanol–water partition coefficient (Wildman–Crippen LogP) is 3.22. The highest BCUT2D eigenvalue weighted by Gasteiger charge is 2.47. The van der Waals surface area contributed by atoms with Crippen LogP contribution in [0.1, 0.15) is 35.6 Å². The average Bonchev–Trinajstić information content (AvgIpc) is 3.21. The molecule has 3 rings (SSSR count). The maximum atomic E-state index is 12.7. The van der Waals surface area contributed by atoms with E-state index in [1.165, 1.54) is 12.0 Å². The Hall–Kier alpha value is -2.86. The first-order chi connectivity index (χ1) is 13.0. The minimum absolute atomic E-state index is 0.0368. The lowest BCUT2D eigenvalue weighted by Gasteiger charge is -2.22. The van der Waals surface area contributed by atoms with E-state index in [4.69, 9.17) is 9.15 Å². The number of benzene rings is 1. The summed E-state index contributed by atoms with van der Waals surface area (Å²) >= 11 is 0. The van der Waals surface area contributed by atoms with Crippen LogP contribution in [0, 0.1) is 6.92 Å². The molecule has 27 heavy (non-hydrogen) atoms. The molecule has 142 valence electrons. The number of carbonyl (C=O) groups excluding carboxylic acids is 2. The number of likely N-dealkylation sites (tertiary alicyclic amines) is 1. The van der Waals surface area contributed by atoms with E-state index in [2.05, 4.69) is 0 Å². The Kier molecular flexibility index (Phi) is 5.46. The molecule has 1 N–H and O–H groups in total. The zero-order valence-corrected chi connectivity index (χ0v) is 15.7. The molecule has 0 spiro atoms. The van der Waals surface area contributed by atoms with Crippen molar-refractivity contribution in [3.63, 3.8) is 0 Å². The Bertz CT molecular complexity index is 878. The molecule has 0 saturated carbocycles. The minimum atomic E-state index is -0.778. The topological polar surface area (TPSA) is 80.0 Å². The average molecular weight is 369 g/mol. The van der Waals surface area contributed by atoms with Gasteiger partial charge in [-0.1, -0.05) is 31.2 Å². The van der Waals surface area contributed by atoms with Crippen LogP contribution in [0.2, 0.25) is 0 Å². The van der Waals surface area contributed by atoms with Crippen molar-refractivity contribution in [2.24, 2.45) is 0 Å². The number of furan rings is 1. The molecule has 1 atom stereocenters. The van der Waals surface area contributed by atoms with Crippen LogP contribution >= 0.6 is 0 Å². The van der Waals surface area contributed by atoms with Crippen molar-refractivity contribution >= 4 is 17.4 Å². The SMILES string of the molecule is CCc1ccc(/C(O)=C2/C(=O)C(=O)N(CCOC)C2c2ccc(C)o2)cc1. The summed E-state index contributed by atoms with van der Waals surface area (Å²) in [7, 11) is 1.53. The largest absolute Gasteiger partial charge is 0.507 e. The van der Waals surface area contributed by atoms with Gasteiger partial charge in [-0.2, -0.15) is 0 Å². The normalized spacial score (nSPS) is 19.1. The second kappa shape index (κ2) is 7.80. The van der Waals surface area contributed by atoms with Crippen LogP contribution in [0.4, 0.5) is 0 Å². The highest BCUT2D eigenvalue weighted by Crippen LogP contribution is 2.39. The number of hydrogen-bond donors (Lipinski definition) is 1. The van der Waals surface area contributed by atoms with Crippen molar-refractivity contribution in [1.82, 2.24) is 4.90 Å². The summed E-state index contributed by atoms with van der Waals surface area (Å²) < 4.78 is 10.8. The van der Waals surface area contributed by atoms with E-state index < -0.39 is 17.7 Å². The maximum absolute atomic E-state index is 12.7. The third-order valence-corrected chi connectivity index (χ3v) is 4.74. The van der Waals surface area contributed by atoms with E-state index >= 15 is 0 Å². The van der Waals surface area contributed by atoms with Gasteiger partial charge >= 0.3 is 0 Å². The van der Waals surface area contributed by atoms with Crippen molar-refractivity contribution in [1.29, 1.82) is 0 Å². The third kappa shape index (κ3) is 3.53. The Morgan fingerprint density at radius 2 is 1.89 bits per heavy atom. The molecule has 1 saturated heterocycles. The van der Waals surface area contributed by atoms with Gasteiger partial charge in [-0.05, 0) is 31.0 Å². The number of aliphatic hydroxyl groups is 1. The molecule has 6 nitrogen and oxygen atoms in total. The number of hydrogen-bond acceptors (Lipinski definition) is 5. The van der Waals surface area contributed by atoms with E-state index in [9.17, 15) is 14.7 Å². The van der Waals surface area contributed by atoms with Crippen LogP contribution in [-0.2, 0) is 20.7 Å². The van der Waals surface area contributed by atoms with E-state index in [1.807, 2.05) is 19.1 Å². The lowest BCUT2D eigenvalue weighted by Crippen LogP contribution is -2.32. The number of ether oxygens (including phenoxy) is 1. The number of ketones is 1. The van der Waals surface area contributed by atoms with E-state index in [0.717, 1.165) is 12.0 Å². The highest BCUT2D eigenvalue weighted by molar-refractivity contribution is 6.46. The zero-order valence-electron chi connectivity index (χ0n) is 15.7. The summed E-state index contributed by atoms with van der Waals surface area (Å²) in [5.41, 5.74) is 1.64. The second-order valence-electron chi connectivity index (χ2n) is 6.48. The highest BCUT2D eigenvalue weighted by atomic mass is 16.5. The van der Waals surface area contributed by atoms with Crippen molar-refractivity contribution < 1.29 is 23.8 Å². The summed E-state index contributed by atoms with van der Waals surface area (Å²) in [5, 5.41) is 10.9. The number of rotatable bonds is 6. The van der Waals surface area contributed by atoms with Gasteiger partial charge in [-0.15, -0.1) is 0 Å². The van der Waals surface area contributed by atoms with Gasteiger partial charge in [0.05, 0.1) is 12.2 Å². The van der Waals surface area contributed by atoms with Crippen LogP contribution in [-0.4, -0.2) is 42.0 Å². The van der Waals surface area contributed by atoms with Gasteiger partial charge in [0, 0.05) is 19.2 Å². The van der Waals surface area contributed by atoms with Crippen LogP contribution in [0.25, 0.3) is 5.76 Å². The molecule has 0 aliphatic carbocycles. The van der Waals surface area contributed by atoms with Crippen LogP contribution in [0.15, 0.2) is 46.4 Å². The molecule has 1 aliphatic heterocycles. The van der Waals surface area contributed by atoms with Crippen LogP contribution in [0.5, 0.6) is 0 Å². The predicted molar refractivity (Wildman–Crippen MR) is 100 cm³/mol. The summed E-state index contributed by atoms with van der Waals surface area (Å²) in [6.45, 7) is 4.31. The van der Waals surface area contributed by atoms with E-state index in [-0.39, 0.29) is 24.5 Å². The summed E-state index contributed by atoms with van der Waals surface area (Å²) in [4.78, 5) is 26.7. The Labute approximate surface area is 158 Å². The van der Waals surface area contributed by atoms with Gasteiger partial charge in [0.2, 0.25) is 0 Å². The molecule has 6 heteroatoms. The molecular weight excluding hydrogens is 346 g/mol. The molecule has 0 bridgehead atoms. The first kappa shape index (κ1) is 18.9. The molecule has 1 amide bonds. The minimum Gasteiger partial charge on any atom is -0.507 e. The lowest BCUT2D eigenvalue weighted by atomic mass is 9.98. The lowest BCUT2D eigenvalue weighted by molar-refractivity contribution is -0.140. The number of Topliss-reactive ketones (excluding diaryl/α,β-unsaturated/α-hetero) is 1. The number of methoxy groups -OCH3 is 1. The van der Waals surface area contributed by atoms with E-state index in [0.29, 0.717) is 17.1 Å². The van der Waals surface area contributed by atoms with Crippen LogP contribution < -0.4 is 0 Å². The molecule has 1 aromatic carbocycles. The number of aliphatic hydroxyl groups excluding tert-OH is 1. The van der Waals surface area contributed by atoms with Crippen molar-refractivity contribution in [2.45, 2.75) is 26.3 Å². The molecule has 1 fully saturated rings. The molecule has 1 aromatic heterocycles. The molecule has 1 unspecified atom stereocenters. The van der Waals surface area contributed by atoms with Gasteiger partial charge in [-0.25, -0.2) is 0 Å². The molecule has 1 aliphatic rings. The standard InChI is InChI=1S/C21H23NO5/c1-4-14-6-8-15(9-7-14)19(23)17-18(16-10-5-13(2)27-16)22(11-12-26-3)21(25)20(17)24/h5-10,18,23H,4,11-12H2,1-3H3/b19-17-. The number of nitrogens with zero attached hydrogens (tertiary/aromatic N) is 1. The van der Waals surface area contributed by atoms with E-state index in [1.54, 1.807) is 31.2 Å². The molecule has 0 radical (unpaired) electrons. The fraction of sp³-hybridized carbons (Fsp3) is 0.333. The van der Waals surface area contributed by atoms with Crippen molar-refractivity contribution in [3.8, 4) is 0 Å². The fourth-order valence-electron chi connectivity index (χ4n) is 3.25. The molecule has 2 aromatic rings. The van der Waals surface area contributed by atoms with Gasteiger partial charge < -0.3 is 19.2 Å². The Morgan fingerprint density at radius 3 is 2.44 bits per heavy atom. The smallest absolute Gasteiger partial charge is 0.295 e. The van der Waals surface area contributed by atoms with Gasteiger partial charge in [0.1, 0.15) is 23.3 Å². The molecular formula is C21H23NO5. The summed E-state index contributed by atoms with van der Waals surface area (Å²) in [6, 6.07) is 9.99. The monoisotopic (exact) mass is 369 g/mol. The number of amides is 1. The quantitative estimate of drug-likeness (QED) is 0.480. The Morgan fingerprint density at radius 1 is 1.19 bits per heavy atom. The zero-order chi connectivity index (χ0) is 19.6. The Balaban J connectivity index is 2.11.